The Morgan fingerprint density at radius 2 is 2.00 bits per heavy atom. The van der Waals surface area contributed by atoms with Crippen molar-refractivity contribution in [2.24, 2.45) is 7.05 Å². The van der Waals surface area contributed by atoms with E-state index in [9.17, 15) is 0 Å². The molecule has 0 radical (unpaired) electrons. The van der Waals surface area contributed by atoms with Gasteiger partial charge >= 0.3 is 0 Å². The summed E-state index contributed by atoms with van der Waals surface area (Å²) in [6.45, 7) is 2.95. The van der Waals surface area contributed by atoms with Gasteiger partial charge in [0.1, 0.15) is 0 Å². The molecular formula is C13H16BrN3. The third-order valence-electron chi connectivity index (χ3n) is 2.73. The van der Waals surface area contributed by atoms with Crippen LogP contribution >= 0.6 is 15.9 Å². The highest BCUT2D eigenvalue weighted by molar-refractivity contribution is 9.10. The fourth-order valence-corrected chi connectivity index (χ4v) is 1.95. The maximum Gasteiger partial charge on any atom is 0.0762 e. The van der Waals surface area contributed by atoms with E-state index < -0.39 is 0 Å². The summed E-state index contributed by atoms with van der Waals surface area (Å²) >= 11 is 3.44. The van der Waals surface area contributed by atoms with Gasteiger partial charge in [0, 0.05) is 30.3 Å². The van der Waals surface area contributed by atoms with Crippen LogP contribution in [0, 0.1) is 0 Å². The molecule has 1 heterocycles. The van der Waals surface area contributed by atoms with Gasteiger partial charge < -0.3 is 5.32 Å². The van der Waals surface area contributed by atoms with E-state index >= 15 is 0 Å². The molecule has 2 rings (SSSR count). The molecule has 1 N–H and O–H groups in total. The number of nitrogens with one attached hydrogen (secondary N) is 1. The maximum absolute atomic E-state index is 4.34. The first-order chi connectivity index (χ1) is 8.15. The molecule has 17 heavy (non-hydrogen) atoms. The minimum atomic E-state index is 0.324. The number of aromatic nitrogens is 2. The Hall–Kier alpha value is -1.13. The Morgan fingerprint density at radius 3 is 2.59 bits per heavy atom. The molecule has 0 saturated heterocycles. The summed E-state index contributed by atoms with van der Waals surface area (Å²) in [5.74, 6) is 0. The average molecular weight is 294 g/mol. The number of aryl methyl sites for hydroxylation is 1. The molecule has 3 nitrogen and oxygen atoms in total. The summed E-state index contributed by atoms with van der Waals surface area (Å²) in [7, 11) is 1.93. The third-order valence-corrected chi connectivity index (χ3v) is 3.26. The fourth-order valence-electron chi connectivity index (χ4n) is 1.68. The highest BCUT2D eigenvalue weighted by Gasteiger charge is 2.05. The van der Waals surface area contributed by atoms with Gasteiger partial charge in [-0.3, -0.25) is 4.68 Å². The third kappa shape index (κ3) is 3.41. The van der Waals surface area contributed by atoms with Gasteiger partial charge in [0.2, 0.25) is 0 Å². The summed E-state index contributed by atoms with van der Waals surface area (Å²) in [6, 6.07) is 10.7. The lowest BCUT2D eigenvalue weighted by atomic mass is 10.1. The summed E-state index contributed by atoms with van der Waals surface area (Å²) in [6.07, 6.45) is 1.96. The van der Waals surface area contributed by atoms with E-state index in [0.717, 1.165) is 16.7 Å². The number of nitrogens with zero attached hydrogens (tertiary/aromatic N) is 2. The highest BCUT2D eigenvalue weighted by atomic mass is 79.9. The van der Waals surface area contributed by atoms with Crippen LogP contribution < -0.4 is 5.32 Å². The lowest BCUT2D eigenvalue weighted by Gasteiger charge is -2.13. The van der Waals surface area contributed by atoms with E-state index in [-0.39, 0.29) is 0 Å². The molecule has 1 aromatic heterocycles. The molecule has 0 amide bonds. The minimum absolute atomic E-state index is 0.324. The van der Waals surface area contributed by atoms with Gasteiger partial charge in [-0.05, 0) is 30.7 Å². The molecule has 0 bridgehead atoms. The lowest BCUT2D eigenvalue weighted by molar-refractivity contribution is 0.562. The number of benzene rings is 1. The van der Waals surface area contributed by atoms with Crippen molar-refractivity contribution in [1.82, 2.24) is 15.1 Å². The molecule has 4 heteroatoms. The van der Waals surface area contributed by atoms with Gasteiger partial charge in [-0.25, -0.2) is 0 Å². The van der Waals surface area contributed by atoms with E-state index in [0.29, 0.717) is 6.04 Å². The monoisotopic (exact) mass is 293 g/mol. The molecule has 0 aliphatic rings. The van der Waals surface area contributed by atoms with Crippen molar-refractivity contribution in [3.63, 3.8) is 0 Å². The van der Waals surface area contributed by atoms with Gasteiger partial charge in [-0.2, -0.15) is 5.10 Å². The van der Waals surface area contributed by atoms with Gasteiger partial charge in [-0.15, -0.1) is 0 Å². The second-order valence-electron chi connectivity index (χ2n) is 4.13. The Labute approximate surface area is 110 Å². The molecule has 0 aliphatic carbocycles. The van der Waals surface area contributed by atoms with Crippen molar-refractivity contribution in [2.45, 2.75) is 19.5 Å². The first kappa shape index (κ1) is 12.3. The maximum atomic E-state index is 4.34. The summed E-state index contributed by atoms with van der Waals surface area (Å²) in [4.78, 5) is 0. The molecule has 0 spiro atoms. The molecular weight excluding hydrogens is 278 g/mol. The van der Waals surface area contributed by atoms with Crippen molar-refractivity contribution < 1.29 is 0 Å². The second kappa shape index (κ2) is 5.47. The van der Waals surface area contributed by atoms with Crippen molar-refractivity contribution >= 4 is 15.9 Å². The molecule has 0 aliphatic heterocycles. The molecule has 90 valence electrons. The standard InChI is InChI=1S/C13H16BrN3/c1-10(11-3-5-12(14)6-4-11)15-9-13-7-8-17(2)16-13/h3-8,10,15H,9H2,1-2H3/t10-/m1/s1. The number of hydrogen-bond acceptors (Lipinski definition) is 2. The molecule has 0 unspecified atom stereocenters. The van der Waals surface area contributed by atoms with Crippen molar-refractivity contribution in [2.75, 3.05) is 0 Å². The van der Waals surface area contributed by atoms with Crippen LogP contribution in [0.5, 0.6) is 0 Å². The fraction of sp³-hybridized carbons (Fsp3) is 0.308. The Bertz CT molecular complexity index is 476. The van der Waals surface area contributed by atoms with Gasteiger partial charge in [0.25, 0.3) is 0 Å². The van der Waals surface area contributed by atoms with Gasteiger partial charge in [-0.1, -0.05) is 28.1 Å². The summed E-state index contributed by atoms with van der Waals surface area (Å²) < 4.78 is 2.93. The zero-order valence-electron chi connectivity index (χ0n) is 10.0. The summed E-state index contributed by atoms with van der Waals surface area (Å²) in [5, 5.41) is 7.79. The summed E-state index contributed by atoms with van der Waals surface area (Å²) in [5.41, 5.74) is 2.35. The molecule has 0 fully saturated rings. The number of rotatable bonds is 4. The molecule has 2 aromatic rings. The van der Waals surface area contributed by atoms with Crippen LogP contribution in [0.3, 0.4) is 0 Å². The van der Waals surface area contributed by atoms with Crippen LogP contribution in [0.1, 0.15) is 24.2 Å². The van der Waals surface area contributed by atoms with Crippen LogP contribution in [0.25, 0.3) is 0 Å². The smallest absolute Gasteiger partial charge is 0.0762 e. The second-order valence-corrected chi connectivity index (χ2v) is 5.05. The average Bonchev–Trinajstić information content (AvgIpc) is 2.73. The van der Waals surface area contributed by atoms with E-state index in [4.69, 9.17) is 0 Å². The number of halogens is 1. The van der Waals surface area contributed by atoms with Gasteiger partial charge in [0.05, 0.1) is 5.69 Å². The van der Waals surface area contributed by atoms with Crippen molar-refractivity contribution in [3.8, 4) is 0 Å². The Kier molecular flexibility index (Phi) is 3.97. The topological polar surface area (TPSA) is 29.9 Å². The molecule has 1 aromatic carbocycles. The SMILES string of the molecule is C[C@@H](NCc1ccn(C)n1)c1ccc(Br)cc1. The van der Waals surface area contributed by atoms with Crippen molar-refractivity contribution in [1.29, 1.82) is 0 Å². The first-order valence-electron chi connectivity index (χ1n) is 5.62. The first-order valence-corrected chi connectivity index (χ1v) is 6.42. The highest BCUT2D eigenvalue weighted by Crippen LogP contribution is 2.16. The van der Waals surface area contributed by atoms with Gasteiger partial charge in [0.15, 0.2) is 0 Å². The zero-order chi connectivity index (χ0) is 12.3. The van der Waals surface area contributed by atoms with Crippen LogP contribution in [0.2, 0.25) is 0 Å². The Morgan fingerprint density at radius 1 is 1.29 bits per heavy atom. The van der Waals surface area contributed by atoms with Crippen LogP contribution in [0.15, 0.2) is 41.0 Å². The predicted molar refractivity (Wildman–Crippen MR) is 72.6 cm³/mol. The largest absolute Gasteiger partial charge is 0.304 e. The Balaban J connectivity index is 1.93. The van der Waals surface area contributed by atoms with E-state index in [1.165, 1.54) is 5.56 Å². The lowest BCUT2D eigenvalue weighted by Crippen LogP contribution is -2.18. The van der Waals surface area contributed by atoms with Crippen LogP contribution in [-0.4, -0.2) is 9.78 Å². The van der Waals surface area contributed by atoms with E-state index in [2.05, 4.69) is 57.5 Å². The normalized spacial score (nSPS) is 12.6. The predicted octanol–water partition coefficient (Wildman–Crippen LogP) is 3.03. The van der Waals surface area contributed by atoms with Crippen LogP contribution in [0.4, 0.5) is 0 Å². The van der Waals surface area contributed by atoms with E-state index in [1.807, 2.05) is 24.0 Å². The molecule has 0 saturated carbocycles. The molecule has 1 atom stereocenters. The van der Waals surface area contributed by atoms with Crippen LogP contribution in [-0.2, 0) is 13.6 Å². The quantitative estimate of drug-likeness (QED) is 0.939. The van der Waals surface area contributed by atoms with Crippen molar-refractivity contribution in [3.05, 3.63) is 52.3 Å². The van der Waals surface area contributed by atoms with E-state index in [1.54, 1.807) is 0 Å². The number of hydrogen-bond donors (Lipinski definition) is 1. The minimum Gasteiger partial charge on any atom is -0.304 e. The zero-order valence-corrected chi connectivity index (χ0v) is 11.6.